The number of aliphatic hydroxyl groups is 1. The molecule has 0 spiro atoms. The Hall–Kier alpha value is -1.00. The number of rotatable bonds is 4. The number of hydrogen-bond acceptors (Lipinski definition) is 1. The first-order chi connectivity index (χ1) is 6.06. The van der Waals surface area contributed by atoms with Crippen LogP contribution in [0.15, 0.2) is 24.8 Å². The van der Waals surface area contributed by atoms with Crippen LogP contribution in [0.2, 0.25) is 0 Å². The van der Waals surface area contributed by atoms with E-state index in [0.29, 0.717) is 12.3 Å². The third-order valence-corrected chi connectivity index (χ3v) is 1.75. The minimum absolute atomic E-state index is 0.446. The van der Waals surface area contributed by atoms with Crippen LogP contribution in [0.5, 0.6) is 0 Å². The average Bonchev–Trinajstić information content (AvgIpc) is 2.10. The summed E-state index contributed by atoms with van der Waals surface area (Å²) in [4.78, 5) is 0. The SMILES string of the molecule is C=C[C@@H](C)CCC(O)C#CC(=C)C. The van der Waals surface area contributed by atoms with Crippen molar-refractivity contribution in [3.8, 4) is 11.8 Å². The molecule has 2 atom stereocenters. The van der Waals surface area contributed by atoms with Gasteiger partial charge in [0.05, 0.1) is 0 Å². The van der Waals surface area contributed by atoms with Gasteiger partial charge in [0.2, 0.25) is 0 Å². The van der Waals surface area contributed by atoms with Gasteiger partial charge in [0.1, 0.15) is 6.10 Å². The summed E-state index contributed by atoms with van der Waals surface area (Å²) in [5.74, 6) is 5.95. The van der Waals surface area contributed by atoms with Gasteiger partial charge >= 0.3 is 0 Å². The zero-order valence-electron chi connectivity index (χ0n) is 8.51. The summed E-state index contributed by atoms with van der Waals surface area (Å²) in [6.07, 6.45) is 2.99. The van der Waals surface area contributed by atoms with Crippen LogP contribution in [-0.2, 0) is 0 Å². The lowest BCUT2D eigenvalue weighted by atomic mass is 10.0. The Bertz CT molecular complexity index is 229. The summed E-state index contributed by atoms with van der Waals surface area (Å²) in [6, 6.07) is 0. The molecule has 1 nitrogen and oxygen atoms in total. The van der Waals surface area contributed by atoms with Crippen LogP contribution >= 0.6 is 0 Å². The number of allylic oxidation sites excluding steroid dienone is 2. The molecule has 0 saturated carbocycles. The molecule has 0 rings (SSSR count). The van der Waals surface area contributed by atoms with Crippen molar-refractivity contribution in [2.75, 3.05) is 0 Å². The number of aliphatic hydroxyl groups excluding tert-OH is 1. The molecule has 0 radical (unpaired) electrons. The maximum atomic E-state index is 9.39. The van der Waals surface area contributed by atoms with E-state index >= 15 is 0 Å². The highest BCUT2D eigenvalue weighted by Gasteiger charge is 2.01. The van der Waals surface area contributed by atoms with Crippen LogP contribution in [-0.4, -0.2) is 11.2 Å². The van der Waals surface area contributed by atoms with Gasteiger partial charge in [0.15, 0.2) is 0 Å². The van der Waals surface area contributed by atoms with Crippen molar-refractivity contribution in [3.05, 3.63) is 24.8 Å². The van der Waals surface area contributed by atoms with E-state index in [0.717, 1.165) is 12.0 Å². The summed E-state index contributed by atoms with van der Waals surface area (Å²) < 4.78 is 0. The lowest BCUT2D eigenvalue weighted by molar-refractivity contribution is 0.214. The third-order valence-electron chi connectivity index (χ3n) is 1.75. The molecule has 0 amide bonds. The molecular formula is C12H18O. The second kappa shape index (κ2) is 6.51. The fourth-order valence-corrected chi connectivity index (χ4v) is 0.817. The van der Waals surface area contributed by atoms with Crippen LogP contribution in [0.3, 0.4) is 0 Å². The van der Waals surface area contributed by atoms with E-state index in [1.807, 2.05) is 13.0 Å². The molecule has 0 bridgehead atoms. The normalized spacial score (nSPS) is 13.8. The van der Waals surface area contributed by atoms with Crippen LogP contribution < -0.4 is 0 Å². The molecule has 1 unspecified atom stereocenters. The van der Waals surface area contributed by atoms with Gasteiger partial charge in [0.25, 0.3) is 0 Å². The Balaban J connectivity index is 3.77. The Morgan fingerprint density at radius 3 is 2.62 bits per heavy atom. The van der Waals surface area contributed by atoms with Gasteiger partial charge in [-0.3, -0.25) is 0 Å². The molecule has 0 aliphatic carbocycles. The third kappa shape index (κ3) is 7.36. The van der Waals surface area contributed by atoms with Gasteiger partial charge in [-0.1, -0.05) is 31.4 Å². The predicted molar refractivity (Wildman–Crippen MR) is 57.2 cm³/mol. The van der Waals surface area contributed by atoms with E-state index < -0.39 is 6.10 Å². The number of hydrogen-bond donors (Lipinski definition) is 1. The Kier molecular flexibility index (Phi) is 6.01. The van der Waals surface area contributed by atoms with Crippen molar-refractivity contribution >= 4 is 0 Å². The van der Waals surface area contributed by atoms with Crippen LogP contribution in [0, 0.1) is 17.8 Å². The van der Waals surface area contributed by atoms with Crippen LogP contribution in [0.1, 0.15) is 26.7 Å². The Morgan fingerprint density at radius 1 is 1.54 bits per heavy atom. The molecule has 0 saturated heterocycles. The van der Waals surface area contributed by atoms with Crippen LogP contribution in [0.4, 0.5) is 0 Å². The molecule has 13 heavy (non-hydrogen) atoms. The van der Waals surface area contributed by atoms with E-state index in [1.165, 1.54) is 0 Å². The van der Waals surface area contributed by atoms with Crippen molar-refractivity contribution in [2.45, 2.75) is 32.8 Å². The first kappa shape index (κ1) is 12.0. The molecule has 0 aromatic carbocycles. The smallest absolute Gasteiger partial charge is 0.115 e. The zero-order valence-corrected chi connectivity index (χ0v) is 8.51. The van der Waals surface area contributed by atoms with E-state index in [4.69, 9.17) is 0 Å². The van der Waals surface area contributed by atoms with Gasteiger partial charge < -0.3 is 5.11 Å². The average molecular weight is 178 g/mol. The summed E-state index contributed by atoms with van der Waals surface area (Å²) in [5, 5.41) is 9.39. The van der Waals surface area contributed by atoms with E-state index in [1.54, 1.807) is 0 Å². The van der Waals surface area contributed by atoms with Gasteiger partial charge in [-0.05, 0) is 31.3 Å². The highest BCUT2D eigenvalue weighted by Crippen LogP contribution is 2.08. The summed E-state index contributed by atoms with van der Waals surface area (Å²) in [5.41, 5.74) is 0.788. The maximum absolute atomic E-state index is 9.39. The molecule has 72 valence electrons. The minimum Gasteiger partial charge on any atom is -0.380 e. The molecule has 0 heterocycles. The first-order valence-corrected chi connectivity index (χ1v) is 4.54. The summed E-state index contributed by atoms with van der Waals surface area (Å²) >= 11 is 0. The summed E-state index contributed by atoms with van der Waals surface area (Å²) in [7, 11) is 0. The molecule has 1 N–H and O–H groups in total. The van der Waals surface area contributed by atoms with Crippen molar-refractivity contribution < 1.29 is 5.11 Å². The predicted octanol–water partition coefficient (Wildman–Crippen LogP) is 2.53. The molecule has 0 aromatic heterocycles. The molecule has 0 aromatic rings. The fraction of sp³-hybridized carbons (Fsp3) is 0.500. The Labute approximate surface area is 81.2 Å². The Morgan fingerprint density at radius 2 is 2.15 bits per heavy atom. The van der Waals surface area contributed by atoms with Gasteiger partial charge in [0, 0.05) is 0 Å². The lowest BCUT2D eigenvalue weighted by Crippen LogP contribution is -2.04. The molecular weight excluding hydrogens is 160 g/mol. The minimum atomic E-state index is -0.529. The van der Waals surface area contributed by atoms with Gasteiger partial charge in [-0.2, -0.15) is 0 Å². The largest absolute Gasteiger partial charge is 0.380 e. The van der Waals surface area contributed by atoms with Crippen molar-refractivity contribution in [3.63, 3.8) is 0 Å². The van der Waals surface area contributed by atoms with Crippen molar-refractivity contribution in [1.82, 2.24) is 0 Å². The highest BCUT2D eigenvalue weighted by atomic mass is 16.3. The van der Waals surface area contributed by atoms with E-state index in [-0.39, 0.29) is 0 Å². The molecule has 0 fully saturated rings. The standard InChI is InChI=1S/C12H18O/c1-5-11(4)7-9-12(13)8-6-10(2)3/h5,11-13H,1-2,7,9H2,3-4H3/t11-,12?/m1/s1. The van der Waals surface area contributed by atoms with Crippen molar-refractivity contribution in [1.29, 1.82) is 0 Å². The molecule has 1 heteroatoms. The van der Waals surface area contributed by atoms with E-state index in [9.17, 15) is 5.11 Å². The molecule has 0 aliphatic rings. The topological polar surface area (TPSA) is 20.2 Å². The van der Waals surface area contributed by atoms with Gasteiger partial charge in [-0.25, -0.2) is 0 Å². The second-order valence-electron chi connectivity index (χ2n) is 3.36. The summed E-state index contributed by atoms with van der Waals surface area (Å²) in [6.45, 7) is 11.2. The quantitative estimate of drug-likeness (QED) is 0.518. The van der Waals surface area contributed by atoms with Crippen molar-refractivity contribution in [2.24, 2.45) is 5.92 Å². The van der Waals surface area contributed by atoms with Gasteiger partial charge in [-0.15, -0.1) is 6.58 Å². The first-order valence-electron chi connectivity index (χ1n) is 4.54. The highest BCUT2D eigenvalue weighted by molar-refractivity contribution is 5.24. The monoisotopic (exact) mass is 178 g/mol. The lowest BCUT2D eigenvalue weighted by Gasteiger charge is -2.06. The van der Waals surface area contributed by atoms with Crippen LogP contribution in [0.25, 0.3) is 0 Å². The maximum Gasteiger partial charge on any atom is 0.115 e. The van der Waals surface area contributed by atoms with E-state index in [2.05, 4.69) is 31.9 Å². The molecule has 0 aliphatic heterocycles. The second-order valence-corrected chi connectivity index (χ2v) is 3.36. The zero-order chi connectivity index (χ0) is 10.3. The fourth-order valence-electron chi connectivity index (χ4n) is 0.817.